The number of esters is 1. The highest BCUT2D eigenvalue weighted by Crippen LogP contribution is 2.13. The number of hydrogen-bond donors (Lipinski definition) is 1. The Hall–Kier alpha value is -0.650. The minimum absolute atomic E-state index is 0.144. The molecule has 0 saturated carbocycles. The Labute approximate surface area is 116 Å². The molecule has 5 nitrogen and oxygen atoms in total. The van der Waals surface area contributed by atoms with Crippen LogP contribution in [0.4, 0.5) is 0 Å². The maximum atomic E-state index is 11.8. The average molecular weight is 272 g/mol. The van der Waals surface area contributed by atoms with E-state index in [2.05, 4.69) is 17.3 Å². The van der Waals surface area contributed by atoms with E-state index in [0.29, 0.717) is 12.7 Å². The highest BCUT2D eigenvalue weighted by Gasteiger charge is 2.21. The predicted octanol–water partition coefficient (Wildman–Crippen LogP) is 1.03. The minimum atomic E-state index is -0.197. The van der Waals surface area contributed by atoms with E-state index >= 15 is 0 Å². The molecule has 2 unspecified atom stereocenters. The maximum absolute atomic E-state index is 11.8. The second-order valence-corrected chi connectivity index (χ2v) is 5.05. The number of nitrogens with zero attached hydrogens (tertiary/aromatic N) is 1. The molecule has 0 spiro atoms. The summed E-state index contributed by atoms with van der Waals surface area (Å²) in [5.41, 5.74) is 0. The zero-order chi connectivity index (χ0) is 14.1. The molecule has 0 aliphatic carbocycles. The van der Waals surface area contributed by atoms with Crippen molar-refractivity contribution in [2.75, 3.05) is 39.9 Å². The molecule has 2 atom stereocenters. The molecule has 1 fully saturated rings. The molecule has 0 radical (unpaired) electrons. The van der Waals surface area contributed by atoms with Crippen molar-refractivity contribution in [3.8, 4) is 0 Å². The molecule has 0 amide bonds. The van der Waals surface area contributed by atoms with Crippen molar-refractivity contribution in [1.82, 2.24) is 10.2 Å². The van der Waals surface area contributed by atoms with Crippen molar-refractivity contribution in [3.63, 3.8) is 0 Å². The fourth-order valence-corrected chi connectivity index (χ4v) is 2.37. The van der Waals surface area contributed by atoms with Crippen molar-refractivity contribution < 1.29 is 14.3 Å². The van der Waals surface area contributed by atoms with Gasteiger partial charge < -0.3 is 19.7 Å². The average Bonchev–Trinajstić information content (AvgIpc) is 2.87. The lowest BCUT2D eigenvalue weighted by Gasteiger charge is -2.23. The third-order valence-corrected chi connectivity index (χ3v) is 3.36. The number of carbonyl (C=O) groups excluding carboxylic acids is 1. The van der Waals surface area contributed by atoms with Crippen LogP contribution in [0.15, 0.2) is 0 Å². The molecule has 0 bridgehead atoms. The summed E-state index contributed by atoms with van der Waals surface area (Å²) in [4.78, 5) is 14.0. The standard InChI is InChI=1S/C14H28N2O3/c1-4-15-13(14(17)18-5-2)8-9-16(3)11-12-7-6-10-19-12/h12-13,15H,4-11H2,1-3H3. The number of ether oxygens (including phenoxy) is 2. The summed E-state index contributed by atoms with van der Waals surface area (Å²) in [6.45, 7) is 7.76. The fourth-order valence-electron chi connectivity index (χ4n) is 2.37. The van der Waals surface area contributed by atoms with Crippen LogP contribution in [0, 0.1) is 0 Å². The molecule has 0 aromatic carbocycles. The molecule has 5 heteroatoms. The molecule has 0 aromatic heterocycles. The van der Waals surface area contributed by atoms with Crippen LogP contribution in [0.3, 0.4) is 0 Å². The first-order valence-electron chi connectivity index (χ1n) is 7.37. The van der Waals surface area contributed by atoms with E-state index in [0.717, 1.165) is 39.1 Å². The zero-order valence-electron chi connectivity index (χ0n) is 12.5. The summed E-state index contributed by atoms with van der Waals surface area (Å²) in [6.07, 6.45) is 3.46. The number of nitrogens with one attached hydrogen (secondary N) is 1. The van der Waals surface area contributed by atoms with Crippen molar-refractivity contribution in [3.05, 3.63) is 0 Å². The summed E-state index contributed by atoms with van der Waals surface area (Å²) in [7, 11) is 2.08. The lowest BCUT2D eigenvalue weighted by Crippen LogP contribution is -2.41. The monoisotopic (exact) mass is 272 g/mol. The van der Waals surface area contributed by atoms with Crippen LogP contribution in [0.2, 0.25) is 0 Å². The first-order valence-corrected chi connectivity index (χ1v) is 7.37. The van der Waals surface area contributed by atoms with Crippen LogP contribution in [0.5, 0.6) is 0 Å². The van der Waals surface area contributed by atoms with Gasteiger partial charge in [0.1, 0.15) is 6.04 Å². The Bertz CT molecular complexity index is 255. The summed E-state index contributed by atoms with van der Waals surface area (Å²) in [5.74, 6) is -0.144. The van der Waals surface area contributed by atoms with Crippen LogP contribution >= 0.6 is 0 Å². The van der Waals surface area contributed by atoms with Gasteiger partial charge in [-0.25, -0.2) is 0 Å². The largest absolute Gasteiger partial charge is 0.465 e. The summed E-state index contributed by atoms with van der Waals surface area (Å²) in [6, 6.07) is -0.197. The molecular formula is C14H28N2O3. The van der Waals surface area contributed by atoms with Crippen molar-refractivity contribution in [2.24, 2.45) is 0 Å². The van der Waals surface area contributed by atoms with Crippen molar-refractivity contribution in [1.29, 1.82) is 0 Å². The maximum Gasteiger partial charge on any atom is 0.323 e. The normalized spacial score (nSPS) is 20.7. The molecule has 1 aliphatic rings. The van der Waals surface area contributed by atoms with Gasteiger partial charge in [-0.1, -0.05) is 6.92 Å². The number of hydrogen-bond acceptors (Lipinski definition) is 5. The smallest absolute Gasteiger partial charge is 0.323 e. The molecular weight excluding hydrogens is 244 g/mol. The Kier molecular flexibility index (Phi) is 8.02. The second kappa shape index (κ2) is 9.28. The van der Waals surface area contributed by atoms with E-state index in [4.69, 9.17) is 9.47 Å². The summed E-state index contributed by atoms with van der Waals surface area (Å²) < 4.78 is 10.7. The third-order valence-electron chi connectivity index (χ3n) is 3.36. The highest BCUT2D eigenvalue weighted by atomic mass is 16.5. The van der Waals surface area contributed by atoms with Crippen molar-refractivity contribution in [2.45, 2.75) is 45.3 Å². The predicted molar refractivity (Wildman–Crippen MR) is 75.2 cm³/mol. The molecule has 1 aliphatic heterocycles. The van der Waals surface area contributed by atoms with Gasteiger partial charge >= 0.3 is 5.97 Å². The SMILES string of the molecule is CCNC(CCN(C)CC1CCCO1)C(=O)OCC. The van der Waals surface area contributed by atoms with E-state index in [1.807, 2.05) is 13.8 Å². The number of rotatable bonds is 9. The van der Waals surface area contributed by atoms with Crippen LogP contribution in [-0.2, 0) is 14.3 Å². The number of carbonyl (C=O) groups is 1. The molecule has 0 aromatic rings. The Morgan fingerprint density at radius 1 is 1.53 bits per heavy atom. The number of likely N-dealkylation sites (N-methyl/N-ethyl adjacent to an activating group) is 2. The van der Waals surface area contributed by atoms with Crippen molar-refractivity contribution >= 4 is 5.97 Å². The van der Waals surface area contributed by atoms with Gasteiger partial charge in [0.2, 0.25) is 0 Å². The first-order chi connectivity index (χ1) is 9.17. The Morgan fingerprint density at radius 3 is 2.89 bits per heavy atom. The van der Waals surface area contributed by atoms with Gasteiger partial charge in [0.05, 0.1) is 12.7 Å². The lowest BCUT2D eigenvalue weighted by molar-refractivity contribution is -0.145. The zero-order valence-corrected chi connectivity index (χ0v) is 12.5. The molecule has 1 rings (SSSR count). The molecule has 1 N–H and O–H groups in total. The van der Waals surface area contributed by atoms with Gasteiger partial charge in [-0.05, 0) is 46.3 Å². The van der Waals surface area contributed by atoms with Crippen LogP contribution < -0.4 is 5.32 Å². The quantitative estimate of drug-likeness (QED) is 0.635. The highest BCUT2D eigenvalue weighted by molar-refractivity contribution is 5.75. The Balaban J connectivity index is 2.26. The lowest BCUT2D eigenvalue weighted by atomic mass is 10.2. The van der Waals surface area contributed by atoms with Crippen LogP contribution in [-0.4, -0.2) is 62.9 Å². The van der Waals surface area contributed by atoms with Gasteiger partial charge in [-0.2, -0.15) is 0 Å². The topological polar surface area (TPSA) is 50.8 Å². The van der Waals surface area contributed by atoms with E-state index in [1.54, 1.807) is 0 Å². The van der Waals surface area contributed by atoms with E-state index in [9.17, 15) is 4.79 Å². The second-order valence-electron chi connectivity index (χ2n) is 5.05. The molecule has 112 valence electrons. The van der Waals surface area contributed by atoms with E-state index < -0.39 is 0 Å². The van der Waals surface area contributed by atoms with Gasteiger partial charge in [0, 0.05) is 13.2 Å². The molecule has 1 saturated heterocycles. The summed E-state index contributed by atoms with van der Waals surface area (Å²) >= 11 is 0. The summed E-state index contributed by atoms with van der Waals surface area (Å²) in [5, 5.41) is 3.18. The van der Waals surface area contributed by atoms with Gasteiger partial charge in [0.25, 0.3) is 0 Å². The van der Waals surface area contributed by atoms with E-state index in [1.165, 1.54) is 6.42 Å². The minimum Gasteiger partial charge on any atom is -0.465 e. The van der Waals surface area contributed by atoms with Gasteiger partial charge in [-0.3, -0.25) is 4.79 Å². The first kappa shape index (κ1) is 16.4. The molecule has 1 heterocycles. The third kappa shape index (κ3) is 6.36. The van der Waals surface area contributed by atoms with Gasteiger partial charge in [-0.15, -0.1) is 0 Å². The Morgan fingerprint density at radius 2 is 2.32 bits per heavy atom. The van der Waals surface area contributed by atoms with Crippen LogP contribution in [0.25, 0.3) is 0 Å². The van der Waals surface area contributed by atoms with Crippen LogP contribution in [0.1, 0.15) is 33.1 Å². The fraction of sp³-hybridized carbons (Fsp3) is 0.929. The van der Waals surface area contributed by atoms with Gasteiger partial charge in [0.15, 0.2) is 0 Å². The van der Waals surface area contributed by atoms with E-state index in [-0.39, 0.29) is 12.0 Å². The molecule has 19 heavy (non-hydrogen) atoms.